The third-order valence-corrected chi connectivity index (χ3v) is 7.30. The molecule has 0 N–H and O–H groups in total. The zero-order valence-electron chi connectivity index (χ0n) is 20.3. The van der Waals surface area contributed by atoms with Gasteiger partial charge in [-0.05, 0) is 70.6 Å². The van der Waals surface area contributed by atoms with Crippen molar-refractivity contribution >= 4 is 5.97 Å². The van der Waals surface area contributed by atoms with E-state index in [1.165, 1.54) is 76.7 Å². The minimum atomic E-state index is 0.0695. The predicted molar refractivity (Wildman–Crippen MR) is 125 cm³/mol. The second-order valence-corrected chi connectivity index (χ2v) is 10.0. The summed E-state index contributed by atoms with van der Waals surface area (Å²) in [6, 6.07) is 0. The van der Waals surface area contributed by atoms with Crippen molar-refractivity contribution in [3.05, 3.63) is 6.10 Å². The van der Waals surface area contributed by atoms with E-state index < -0.39 is 0 Å². The summed E-state index contributed by atoms with van der Waals surface area (Å²) in [5, 5.41) is 0. The van der Waals surface area contributed by atoms with Gasteiger partial charge in [0.2, 0.25) is 0 Å². The van der Waals surface area contributed by atoms with Crippen LogP contribution in [0.5, 0.6) is 0 Å². The number of unbranched alkanes of at least 4 members (excludes halogenated alkanes) is 6. The van der Waals surface area contributed by atoms with Crippen LogP contribution in [0.1, 0.15) is 136 Å². The Morgan fingerprint density at radius 3 is 1.90 bits per heavy atom. The molecule has 2 aliphatic rings. The molecule has 0 aromatic rings. The Morgan fingerprint density at radius 2 is 1.27 bits per heavy atom. The predicted octanol–water partition coefficient (Wildman–Crippen LogP) is 8.16. The molecule has 1 radical (unpaired) electrons. The summed E-state index contributed by atoms with van der Waals surface area (Å²) in [4.78, 5) is 12.7. The van der Waals surface area contributed by atoms with Crippen LogP contribution >= 0.6 is 0 Å². The fourth-order valence-electron chi connectivity index (χ4n) is 5.22. The zero-order chi connectivity index (χ0) is 21.6. The van der Waals surface area contributed by atoms with E-state index in [1.807, 2.05) is 0 Å². The molecule has 0 amide bonds. The van der Waals surface area contributed by atoms with E-state index >= 15 is 0 Å². The maximum Gasteiger partial charge on any atom is 0.309 e. The van der Waals surface area contributed by atoms with Gasteiger partial charge in [0.25, 0.3) is 0 Å². The standard InChI is InChI=1S/C27H49O3/c1-4-6-8-10-12-22(3)29-25-20-16-24(17-21-25)27(28)30-26-18-14-23(15-19-26)13-11-9-7-5-2/h23-26H,4-21H2,1-3H3. The van der Waals surface area contributed by atoms with Gasteiger partial charge in [-0.25, -0.2) is 0 Å². The second kappa shape index (κ2) is 15.3. The van der Waals surface area contributed by atoms with Crippen LogP contribution < -0.4 is 0 Å². The van der Waals surface area contributed by atoms with E-state index in [-0.39, 0.29) is 18.0 Å². The minimum Gasteiger partial charge on any atom is -0.462 e. The van der Waals surface area contributed by atoms with Crippen molar-refractivity contribution in [2.24, 2.45) is 11.8 Å². The Morgan fingerprint density at radius 1 is 0.700 bits per heavy atom. The molecule has 3 nitrogen and oxygen atoms in total. The molecule has 0 atom stereocenters. The number of carbonyl (C=O) groups excluding carboxylic acids is 1. The monoisotopic (exact) mass is 421 g/mol. The quantitative estimate of drug-likeness (QED) is 0.210. The van der Waals surface area contributed by atoms with Crippen molar-refractivity contribution < 1.29 is 14.3 Å². The van der Waals surface area contributed by atoms with Crippen LogP contribution in [0.3, 0.4) is 0 Å². The van der Waals surface area contributed by atoms with Gasteiger partial charge in [0.1, 0.15) is 6.10 Å². The van der Waals surface area contributed by atoms with Crippen LogP contribution in [-0.2, 0) is 14.3 Å². The molecule has 0 heterocycles. The summed E-state index contributed by atoms with van der Waals surface area (Å²) < 4.78 is 12.1. The van der Waals surface area contributed by atoms with E-state index in [1.54, 1.807) is 0 Å². The Balaban J connectivity index is 1.55. The zero-order valence-corrected chi connectivity index (χ0v) is 20.3. The number of ether oxygens (including phenoxy) is 2. The van der Waals surface area contributed by atoms with E-state index in [4.69, 9.17) is 9.47 Å². The normalized spacial score (nSPS) is 27.3. The van der Waals surface area contributed by atoms with E-state index in [0.717, 1.165) is 50.9 Å². The van der Waals surface area contributed by atoms with Gasteiger partial charge in [-0.2, -0.15) is 0 Å². The molecular weight excluding hydrogens is 372 g/mol. The van der Waals surface area contributed by atoms with Crippen LogP contribution in [-0.4, -0.2) is 18.2 Å². The molecule has 3 heteroatoms. The molecule has 175 valence electrons. The Bertz CT molecular complexity index is 433. The summed E-state index contributed by atoms with van der Waals surface area (Å²) in [5.41, 5.74) is 0. The first-order valence-corrected chi connectivity index (χ1v) is 13.3. The molecule has 2 saturated carbocycles. The van der Waals surface area contributed by atoms with Crippen molar-refractivity contribution in [1.82, 2.24) is 0 Å². The number of hydrogen-bond donors (Lipinski definition) is 0. The van der Waals surface area contributed by atoms with Crippen LogP contribution in [0.4, 0.5) is 0 Å². The summed E-state index contributed by atoms with van der Waals surface area (Å²) in [6.45, 7) is 6.65. The molecule has 0 aliphatic heterocycles. The molecular formula is C27H49O3. The lowest BCUT2D eigenvalue weighted by Crippen LogP contribution is -2.32. The van der Waals surface area contributed by atoms with E-state index in [0.29, 0.717) is 6.10 Å². The van der Waals surface area contributed by atoms with Gasteiger partial charge in [-0.3, -0.25) is 4.79 Å². The molecule has 0 aromatic heterocycles. The molecule has 2 aliphatic carbocycles. The second-order valence-electron chi connectivity index (χ2n) is 10.0. The smallest absolute Gasteiger partial charge is 0.309 e. The highest BCUT2D eigenvalue weighted by atomic mass is 16.5. The summed E-state index contributed by atoms with van der Waals surface area (Å²) in [6.07, 6.45) is 23.2. The van der Waals surface area contributed by atoms with Gasteiger partial charge in [-0.1, -0.05) is 71.6 Å². The molecule has 0 aromatic carbocycles. The number of hydrogen-bond acceptors (Lipinski definition) is 3. The first-order chi connectivity index (χ1) is 14.6. The van der Waals surface area contributed by atoms with Gasteiger partial charge in [0, 0.05) is 0 Å². The van der Waals surface area contributed by atoms with Gasteiger partial charge in [0.15, 0.2) is 0 Å². The molecule has 0 spiro atoms. The average Bonchev–Trinajstić information content (AvgIpc) is 2.76. The summed E-state index contributed by atoms with van der Waals surface area (Å²) >= 11 is 0. The minimum absolute atomic E-state index is 0.0695. The highest BCUT2D eigenvalue weighted by molar-refractivity contribution is 5.72. The summed E-state index contributed by atoms with van der Waals surface area (Å²) in [7, 11) is 0. The van der Waals surface area contributed by atoms with Crippen molar-refractivity contribution in [2.45, 2.75) is 149 Å². The molecule has 0 bridgehead atoms. The molecule has 30 heavy (non-hydrogen) atoms. The fraction of sp³-hybridized carbons (Fsp3) is 0.926. The van der Waals surface area contributed by atoms with Gasteiger partial charge >= 0.3 is 5.97 Å². The molecule has 2 rings (SSSR count). The van der Waals surface area contributed by atoms with Gasteiger partial charge in [-0.15, -0.1) is 0 Å². The van der Waals surface area contributed by atoms with Crippen LogP contribution in [0.25, 0.3) is 0 Å². The molecule has 0 saturated heterocycles. The molecule has 2 fully saturated rings. The topological polar surface area (TPSA) is 35.5 Å². The lowest BCUT2D eigenvalue weighted by Gasteiger charge is -2.32. The van der Waals surface area contributed by atoms with Crippen LogP contribution in [0, 0.1) is 17.9 Å². The van der Waals surface area contributed by atoms with Crippen LogP contribution in [0.2, 0.25) is 0 Å². The summed E-state index contributed by atoms with van der Waals surface area (Å²) in [5.74, 6) is 1.03. The first-order valence-electron chi connectivity index (χ1n) is 13.3. The van der Waals surface area contributed by atoms with Crippen molar-refractivity contribution in [3.8, 4) is 0 Å². The Hall–Kier alpha value is -0.570. The largest absolute Gasteiger partial charge is 0.462 e. The highest BCUT2D eigenvalue weighted by Gasteiger charge is 2.31. The third kappa shape index (κ3) is 10.2. The van der Waals surface area contributed by atoms with Crippen molar-refractivity contribution in [2.75, 3.05) is 0 Å². The van der Waals surface area contributed by atoms with E-state index in [2.05, 4.69) is 20.8 Å². The van der Waals surface area contributed by atoms with Crippen LogP contribution in [0.15, 0.2) is 0 Å². The Kier molecular flexibility index (Phi) is 13.1. The fourth-order valence-corrected chi connectivity index (χ4v) is 5.22. The van der Waals surface area contributed by atoms with Gasteiger partial charge in [0.05, 0.1) is 18.1 Å². The van der Waals surface area contributed by atoms with E-state index in [9.17, 15) is 4.79 Å². The van der Waals surface area contributed by atoms with Crippen molar-refractivity contribution in [3.63, 3.8) is 0 Å². The SMILES string of the molecule is CCCCCC[C](C)OC1CCC(C(=O)OC2CCC(CCCCCC)CC2)CC1. The number of carbonyl (C=O) groups is 1. The maximum absolute atomic E-state index is 12.7. The maximum atomic E-state index is 12.7. The Labute approximate surface area is 187 Å². The highest BCUT2D eigenvalue weighted by Crippen LogP contribution is 2.33. The van der Waals surface area contributed by atoms with Gasteiger partial charge < -0.3 is 9.47 Å². The third-order valence-electron chi connectivity index (χ3n) is 7.30. The lowest BCUT2D eigenvalue weighted by atomic mass is 9.83. The average molecular weight is 422 g/mol. The number of esters is 1. The number of rotatable bonds is 14. The molecule has 0 unspecified atom stereocenters. The van der Waals surface area contributed by atoms with Crippen molar-refractivity contribution in [1.29, 1.82) is 0 Å². The first kappa shape index (κ1) is 25.7. The lowest BCUT2D eigenvalue weighted by molar-refractivity contribution is -0.158.